The highest BCUT2D eigenvalue weighted by molar-refractivity contribution is 5.97. The van der Waals surface area contributed by atoms with Crippen molar-refractivity contribution in [2.24, 2.45) is 0 Å². The number of carbonyl (C=O) groups excluding carboxylic acids is 1. The average molecular weight is 315 g/mol. The zero-order valence-corrected chi connectivity index (χ0v) is 14.3. The molecule has 0 bridgehead atoms. The molecule has 126 valence electrons. The van der Waals surface area contributed by atoms with Crippen LogP contribution < -0.4 is 10.2 Å². The zero-order chi connectivity index (χ0) is 16.1. The predicted molar refractivity (Wildman–Crippen MR) is 95.5 cm³/mol. The Bertz CT molecular complexity index is 537. The molecule has 1 aromatic carbocycles. The summed E-state index contributed by atoms with van der Waals surface area (Å²) in [4.78, 5) is 17.4. The lowest BCUT2D eigenvalue weighted by molar-refractivity contribution is 0.0960. The summed E-state index contributed by atoms with van der Waals surface area (Å²) < 4.78 is 0. The Morgan fingerprint density at radius 2 is 2.00 bits per heavy atom. The van der Waals surface area contributed by atoms with Gasteiger partial charge in [-0.2, -0.15) is 0 Å². The van der Waals surface area contributed by atoms with Crippen LogP contribution in [-0.2, 0) is 6.42 Å². The first-order chi connectivity index (χ1) is 11.3. The highest BCUT2D eigenvalue weighted by Gasteiger charge is 2.19. The van der Waals surface area contributed by atoms with Crippen LogP contribution in [0.5, 0.6) is 0 Å². The van der Waals surface area contributed by atoms with Crippen LogP contribution in [0.15, 0.2) is 18.2 Å². The van der Waals surface area contributed by atoms with Gasteiger partial charge in [0.25, 0.3) is 0 Å². The van der Waals surface area contributed by atoms with E-state index in [4.69, 9.17) is 0 Å². The van der Waals surface area contributed by atoms with Gasteiger partial charge in [0.1, 0.15) is 0 Å². The molecule has 4 heteroatoms. The molecule has 0 radical (unpaired) electrons. The van der Waals surface area contributed by atoms with Crippen molar-refractivity contribution in [3.8, 4) is 0 Å². The molecular weight excluding hydrogens is 286 g/mol. The molecule has 1 aromatic rings. The third-order valence-electron chi connectivity index (χ3n) is 4.98. The highest BCUT2D eigenvalue weighted by Crippen LogP contribution is 2.28. The molecule has 0 unspecified atom stereocenters. The maximum absolute atomic E-state index is 12.6. The number of carbonyl (C=O) groups is 1. The van der Waals surface area contributed by atoms with Crippen LogP contribution in [-0.4, -0.2) is 56.5 Å². The Morgan fingerprint density at radius 3 is 2.78 bits per heavy atom. The van der Waals surface area contributed by atoms with Gasteiger partial charge in [-0.25, -0.2) is 0 Å². The van der Waals surface area contributed by atoms with E-state index < -0.39 is 0 Å². The molecule has 1 N–H and O–H groups in total. The van der Waals surface area contributed by atoms with Gasteiger partial charge in [-0.15, -0.1) is 0 Å². The minimum Gasteiger partial charge on any atom is -0.371 e. The normalized spacial score (nSPS) is 18.7. The number of Topliss-reactive ketones (excluding diaryl/α,β-unsaturated/α-hetero) is 1. The van der Waals surface area contributed by atoms with Crippen molar-refractivity contribution in [3.05, 3.63) is 29.3 Å². The first-order valence-electron chi connectivity index (χ1n) is 9.12. The van der Waals surface area contributed by atoms with E-state index in [1.807, 2.05) is 6.07 Å². The van der Waals surface area contributed by atoms with E-state index in [1.165, 1.54) is 17.7 Å². The molecule has 2 aliphatic heterocycles. The smallest absolute Gasteiger partial charge is 0.164 e. The molecule has 0 spiro atoms. The summed E-state index contributed by atoms with van der Waals surface area (Å²) in [6, 6.07) is 6.35. The number of anilines is 1. The maximum Gasteiger partial charge on any atom is 0.164 e. The van der Waals surface area contributed by atoms with Crippen LogP contribution in [0.4, 0.5) is 5.69 Å². The van der Waals surface area contributed by atoms with E-state index in [2.05, 4.69) is 34.2 Å². The second kappa shape index (κ2) is 7.93. The van der Waals surface area contributed by atoms with Gasteiger partial charge in [-0.05, 0) is 30.9 Å². The number of benzene rings is 1. The molecule has 0 atom stereocenters. The Kier molecular flexibility index (Phi) is 5.68. The molecule has 0 aliphatic carbocycles. The first kappa shape index (κ1) is 16.5. The van der Waals surface area contributed by atoms with Gasteiger partial charge in [-0.3, -0.25) is 4.79 Å². The van der Waals surface area contributed by atoms with Crippen LogP contribution in [0.3, 0.4) is 0 Å². The van der Waals surface area contributed by atoms with Gasteiger partial charge >= 0.3 is 0 Å². The van der Waals surface area contributed by atoms with E-state index in [-0.39, 0.29) is 5.78 Å². The van der Waals surface area contributed by atoms with Crippen LogP contribution in [0.25, 0.3) is 0 Å². The minimum atomic E-state index is 0.286. The van der Waals surface area contributed by atoms with Gasteiger partial charge in [0.05, 0.1) is 0 Å². The molecule has 2 heterocycles. The van der Waals surface area contributed by atoms with E-state index in [1.54, 1.807) is 0 Å². The summed E-state index contributed by atoms with van der Waals surface area (Å²) in [5.41, 5.74) is 3.59. The Labute approximate surface area is 139 Å². The number of aryl methyl sites for hydroxylation is 1. The first-order valence-corrected chi connectivity index (χ1v) is 9.12. The molecule has 23 heavy (non-hydrogen) atoms. The van der Waals surface area contributed by atoms with Gasteiger partial charge in [0.15, 0.2) is 5.78 Å². The van der Waals surface area contributed by atoms with Crippen LogP contribution in [0.1, 0.15) is 42.1 Å². The maximum atomic E-state index is 12.6. The SMILES string of the molecule is CCCN1CCCc2ccc(C(=O)CCN3CCNCC3)cc21. The van der Waals surface area contributed by atoms with Crippen LogP contribution in [0.2, 0.25) is 0 Å². The summed E-state index contributed by atoms with van der Waals surface area (Å²) in [7, 11) is 0. The molecule has 0 amide bonds. The van der Waals surface area contributed by atoms with Gasteiger partial charge < -0.3 is 15.1 Å². The summed E-state index contributed by atoms with van der Waals surface area (Å²) in [6.07, 6.45) is 4.15. The average Bonchev–Trinajstić information content (AvgIpc) is 2.61. The fourth-order valence-corrected chi connectivity index (χ4v) is 3.66. The topological polar surface area (TPSA) is 35.6 Å². The van der Waals surface area contributed by atoms with Crippen molar-refractivity contribution in [3.63, 3.8) is 0 Å². The molecular formula is C19H29N3O. The van der Waals surface area contributed by atoms with Gasteiger partial charge in [0, 0.05) is 63.5 Å². The predicted octanol–water partition coefficient (Wildman–Crippen LogP) is 2.33. The fraction of sp³-hybridized carbons (Fsp3) is 0.632. The fourth-order valence-electron chi connectivity index (χ4n) is 3.66. The summed E-state index contributed by atoms with van der Waals surface area (Å²) in [5, 5.41) is 3.35. The van der Waals surface area contributed by atoms with Crippen molar-refractivity contribution in [2.45, 2.75) is 32.6 Å². The van der Waals surface area contributed by atoms with Crippen molar-refractivity contribution in [1.82, 2.24) is 10.2 Å². The largest absolute Gasteiger partial charge is 0.371 e. The summed E-state index contributed by atoms with van der Waals surface area (Å²) in [5.74, 6) is 0.286. The Balaban J connectivity index is 1.65. The van der Waals surface area contributed by atoms with E-state index in [0.29, 0.717) is 6.42 Å². The molecule has 2 aliphatic rings. The molecule has 4 nitrogen and oxygen atoms in total. The van der Waals surface area contributed by atoms with Gasteiger partial charge in [-0.1, -0.05) is 19.1 Å². The molecule has 0 saturated carbocycles. The molecule has 1 fully saturated rings. The lowest BCUT2D eigenvalue weighted by Gasteiger charge is -2.31. The number of rotatable bonds is 6. The molecule has 3 rings (SSSR count). The van der Waals surface area contributed by atoms with E-state index >= 15 is 0 Å². The minimum absolute atomic E-state index is 0.286. The summed E-state index contributed by atoms with van der Waals surface area (Å²) >= 11 is 0. The van der Waals surface area contributed by atoms with Crippen molar-refractivity contribution in [2.75, 3.05) is 50.7 Å². The number of nitrogens with zero attached hydrogens (tertiary/aromatic N) is 2. The second-order valence-electron chi connectivity index (χ2n) is 6.70. The monoisotopic (exact) mass is 315 g/mol. The Hall–Kier alpha value is -1.39. The number of piperazine rings is 1. The summed E-state index contributed by atoms with van der Waals surface area (Å²) in [6.45, 7) is 9.51. The second-order valence-corrected chi connectivity index (χ2v) is 6.70. The Morgan fingerprint density at radius 1 is 1.17 bits per heavy atom. The lowest BCUT2D eigenvalue weighted by atomic mass is 9.97. The third kappa shape index (κ3) is 4.12. The van der Waals surface area contributed by atoms with Crippen molar-refractivity contribution >= 4 is 11.5 Å². The number of hydrogen-bond acceptors (Lipinski definition) is 4. The van der Waals surface area contributed by atoms with Crippen molar-refractivity contribution < 1.29 is 4.79 Å². The van der Waals surface area contributed by atoms with Crippen LogP contribution in [0, 0.1) is 0 Å². The number of fused-ring (bicyclic) bond motifs is 1. The number of ketones is 1. The molecule has 0 aromatic heterocycles. The highest BCUT2D eigenvalue weighted by atomic mass is 16.1. The third-order valence-corrected chi connectivity index (χ3v) is 4.98. The number of hydrogen-bond donors (Lipinski definition) is 1. The molecule has 1 saturated heterocycles. The van der Waals surface area contributed by atoms with Crippen molar-refractivity contribution in [1.29, 1.82) is 0 Å². The lowest BCUT2D eigenvalue weighted by Crippen LogP contribution is -2.44. The van der Waals surface area contributed by atoms with E-state index in [0.717, 1.165) is 64.2 Å². The standard InChI is InChI=1S/C19H29N3O/c1-2-10-22-11-3-4-16-5-6-17(15-18(16)22)19(23)7-12-21-13-8-20-9-14-21/h5-6,15,20H,2-4,7-14H2,1H3. The quantitative estimate of drug-likeness (QED) is 0.817. The number of nitrogens with one attached hydrogen (secondary N) is 1. The van der Waals surface area contributed by atoms with Gasteiger partial charge in [0.2, 0.25) is 0 Å². The van der Waals surface area contributed by atoms with Crippen LogP contribution >= 0.6 is 0 Å². The zero-order valence-electron chi connectivity index (χ0n) is 14.3. The van der Waals surface area contributed by atoms with E-state index in [9.17, 15) is 4.79 Å².